The Morgan fingerprint density at radius 1 is 1.25 bits per heavy atom. The molecule has 5 nitrogen and oxygen atoms in total. The van der Waals surface area contributed by atoms with E-state index in [1.165, 1.54) is 18.2 Å². The van der Waals surface area contributed by atoms with Crippen molar-refractivity contribution < 1.29 is 14.8 Å². The van der Waals surface area contributed by atoms with E-state index >= 15 is 0 Å². The number of rotatable bonds is 5. The third-order valence-electron chi connectivity index (χ3n) is 2.71. The van der Waals surface area contributed by atoms with Crippen LogP contribution in [-0.4, -0.2) is 16.6 Å². The third kappa shape index (κ3) is 3.46. The lowest BCUT2D eigenvalue weighted by Gasteiger charge is -2.12. The van der Waals surface area contributed by atoms with Crippen LogP contribution < -0.4 is 4.74 Å². The van der Waals surface area contributed by atoms with Gasteiger partial charge >= 0.3 is 0 Å². The average molecular weight is 294 g/mol. The lowest BCUT2D eigenvalue weighted by Crippen LogP contribution is -2.09. The van der Waals surface area contributed by atoms with Gasteiger partial charge in [0.25, 0.3) is 5.69 Å². The monoisotopic (exact) mass is 293 g/mol. The second-order valence-corrected chi connectivity index (χ2v) is 4.52. The zero-order valence-corrected chi connectivity index (χ0v) is 11.2. The highest BCUT2D eigenvalue weighted by Gasteiger charge is 2.13. The van der Waals surface area contributed by atoms with E-state index in [0.717, 1.165) is 5.56 Å². The van der Waals surface area contributed by atoms with Crippen LogP contribution >= 0.6 is 11.6 Å². The van der Waals surface area contributed by atoms with E-state index in [2.05, 4.69) is 0 Å². The first-order chi connectivity index (χ1) is 9.58. The summed E-state index contributed by atoms with van der Waals surface area (Å²) in [5.41, 5.74) is 0.558. The van der Waals surface area contributed by atoms with Gasteiger partial charge < -0.3 is 9.84 Å². The highest BCUT2D eigenvalue weighted by molar-refractivity contribution is 6.32. The molecule has 6 heteroatoms. The van der Waals surface area contributed by atoms with Crippen molar-refractivity contribution in [1.82, 2.24) is 0 Å². The summed E-state index contributed by atoms with van der Waals surface area (Å²) >= 11 is 5.77. The van der Waals surface area contributed by atoms with Crippen molar-refractivity contribution in [2.45, 2.75) is 6.10 Å². The van der Waals surface area contributed by atoms with Crippen LogP contribution in [0.3, 0.4) is 0 Å². The van der Waals surface area contributed by atoms with Gasteiger partial charge in [0.2, 0.25) is 0 Å². The summed E-state index contributed by atoms with van der Waals surface area (Å²) in [6.07, 6.45) is -0.773. The molecule has 0 bridgehead atoms. The van der Waals surface area contributed by atoms with Crippen LogP contribution in [0.2, 0.25) is 5.02 Å². The van der Waals surface area contributed by atoms with Crippen LogP contribution in [0.15, 0.2) is 48.5 Å². The summed E-state index contributed by atoms with van der Waals surface area (Å²) in [5.74, 6) is 0.371. The molecule has 0 aliphatic heterocycles. The minimum absolute atomic E-state index is 0.00157. The van der Waals surface area contributed by atoms with Crippen molar-refractivity contribution in [1.29, 1.82) is 0 Å². The molecule has 0 amide bonds. The van der Waals surface area contributed by atoms with Gasteiger partial charge in [-0.1, -0.05) is 41.9 Å². The fourth-order valence-electron chi connectivity index (χ4n) is 1.67. The molecule has 1 unspecified atom stereocenters. The Morgan fingerprint density at radius 2 is 1.95 bits per heavy atom. The number of halogens is 1. The quantitative estimate of drug-likeness (QED) is 0.677. The van der Waals surface area contributed by atoms with Gasteiger partial charge in [-0.3, -0.25) is 10.1 Å². The highest BCUT2D eigenvalue weighted by Crippen LogP contribution is 2.28. The fourth-order valence-corrected chi connectivity index (χ4v) is 1.91. The number of hydrogen-bond acceptors (Lipinski definition) is 4. The zero-order chi connectivity index (χ0) is 14.5. The lowest BCUT2D eigenvalue weighted by molar-refractivity contribution is -0.384. The van der Waals surface area contributed by atoms with Crippen LogP contribution in [0.25, 0.3) is 0 Å². The summed E-state index contributed by atoms with van der Waals surface area (Å²) in [5, 5.41) is 20.6. The fraction of sp³-hybridized carbons (Fsp3) is 0.143. The van der Waals surface area contributed by atoms with E-state index in [9.17, 15) is 15.2 Å². The van der Waals surface area contributed by atoms with Gasteiger partial charge in [-0.25, -0.2) is 0 Å². The maximum Gasteiger partial charge on any atom is 0.288 e. The predicted molar refractivity (Wildman–Crippen MR) is 75.0 cm³/mol. The van der Waals surface area contributed by atoms with E-state index < -0.39 is 11.0 Å². The molecule has 0 saturated carbocycles. The molecule has 20 heavy (non-hydrogen) atoms. The Kier molecular flexibility index (Phi) is 4.55. The summed E-state index contributed by atoms with van der Waals surface area (Å²) in [7, 11) is 0. The Hall–Kier alpha value is -2.11. The lowest BCUT2D eigenvalue weighted by atomic mass is 10.1. The van der Waals surface area contributed by atoms with Gasteiger partial charge in [-0.2, -0.15) is 0 Å². The maximum absolute atomic E-state index is 10.6. The molecule has 0 aromatic heterocycles. The van der Waals surface area contributed by atoms with E-state index in [1.807, 2.05) is 18.2 Å². The van der Waals surface area contributed by atoms with Crippen molar-refractivity contribution in [3.05, 3.63) is 69.2 Å². The number of benzene rings is 2. The third-order valence-corrected chi connectivity index (χ3v) is 3.01. The van der Waals surface area contributed by atoms with E-state index in [0.29, 0.717) is 5.75 Å². The van der Waals surface area contributed by atoms with Crippen LogP contribution in [0.5, 0.6) is 5.75 Å². The van der Waals surface area contributed by atoms with Crippen LogP contribution in [-0.2, 0) is 0 Å². The molecule has 1 N–H and O–H groups in total. The molecule has 0 saturated heterocycles. The topological polar surface area (TPSA) is 72.6 Å². The minimum Gasteiger partial charge on any atom is -0.490 e. The summed E-state index contributed by atoms with van der Waals surface area (Å²) in [4.78, 5) is 10.1. The van der Waals surface area contributed by atoms with Crippen LogP contribution in [0, 0.1) is 10.1 Å². The molecule has 0 heterocycles. The Morgan fingerprint density at radius 3 is 2.55 bits per heavy atom. The van der Waals surface area contributed by atoms with Crippen molar-refractivity contribution in [3.63, 3.8) is 0 Å². The molecule has 2 aromatic carbocycles. The van der Waals surface area contributed by atoms with E-state index in [1.54, 1.807) is 12.1 Å². The van der Waals surface area contributed by atoms with Crippen LogP contribution in [0.1, 0.15) is 11.7 Å². The number of ether oxygens (including phenoxy) is 1. The van der Waals surface area contributed by atoms with Gasteiger partial charge in [-0.15, -0.1) is 0 Å². The number of aliphatic hydroxyl groups excluding tert-OH is 1. The Balaban J connectivity index is 2.01. The smallest absolute Gasteiger partial charge is 0.288 e. The maximum atomic E-state index is 10.6. The average Bonchev–Trinajstić information content (AvgIpc) is 2.45. The molecule has 2 aromatic rings. The largest absolute Gasteiger partial charge is 0.490 e. The number of nitro groups is 1. The van der Waals surface area contributed by atoms with Gasteiger partial charge in [0, 0.05) is 12.1 Å². The minimum atomic E-state index is -0.773. The van der Waals surface area contributed by atoms with Crippen molar-refractivity contribution in [2.75, 3.05) is 6.61 Å². The van der Waals surface area contributed by atoms with Crippen molar-refractivity contribution >= 4 is 17.3 Å². The highest BCUT2D eigenvalue weighted by atomic mass is 35.5. The standard InChI is InChI=1S/C14H12ClNO4/c15-12-8-11(6-7-13(12)16(18)19)20-9-14(17)10-4-2-1-3-5-10/h1-8,14,17H,9H2. The second kappa shape index (κ2) is 6.36. The van der Waals surface area contributed by atoms with E-state index in [4.69, 9.17) is 16.3 Å². The van der Waals surface area contributed by atoms with Crippen molar-refractivity contribution in [3.8, 4) is 5.75 Å². The molecule has 0 spiro atoms. The number of nitrogens with zero attached hydrogens (tertiary/aromatic N) is 1. The molecular weight excluding hydrogens is 282 g/mol. The van der Waals surface area contributed by atoms with Gasteiger partial charge in [0.15, 0.2) is 0 Å². The Bertz CT molecular complexity index is 603. The number of aliphatic hydroxyl groups is 1. The van der Waals surface area contributed by atoms with Gasteiger partial charge in [-0.05, 0) is 11.6 Å². The molecule has 2 rings (SSSR count). The first kappa shape index (κ1) is 14.3. The molecule has 0 aliphatic rings. The molecule has 0 radical (unpaired) electrons. The zero-order valence-electron chi connectivity index (χ0n) is 10.4. The SMILES string of the molecule is O=[N+]([O-])c1ccc(OCC(O)c2ccccc2)cc1Cl. The molecule has 0 aliphatic carbocycles. The van der Waals surface area contributed by atoms with Gasteiger partial charge in [0.1, 0.15) is 23.5 Å². The summed E-state index contributed by atoms with van der Waals surface area (Å²) < 4.78 is 5.38. The summed E-state index contributed by atoms with van der Waals surface area (Å²) in [6, 6.07) is 13.1. The number of nitro benzene ring substituents is 1. The molecule has 1 atom stereocenters. The molecule has 104 valence electrons. The Labute approximate surface area is 120 Å². The van der Waals surface area contributed by atoms with Gasteiger partial charge in [0.05, 0.1) is 4.92 Å². The first-order valence-electron chi connectivity index (χ1n) is 5.87. The predicted octanol–water partition coefficient (Wildman–Crippen LogP) is 3.36. The molecular formula is C14H12ClNO4. The second-order valence-electron chi connectivity index (χ2n) is 4.11. The van der Waals surface area contributed by atoms with Crippen LogP contribution in [0.4, 0.5) is 5.69 Å². The first-order valence-corrected chi connectivity index (χ1v) is 6.25. The van der Waals surface area contributed by atoms with E-state index in [-0.39, 0.29) is 17.3 Å². The number of hydrogen-bond donors (Lipinski definition) is 1. The summed E-state index contributed by atoms with van der Waals surface area (Å²) in [6.45, 7) is 0.0398. The molecule has 0 fully saturated rings. The normalized spacial score (nSPS) is 11.9. The van der Waals surface area contributed by atoms with Crippen molar-refractivity contribution in [2.24, 2.45) is 0 Å².